The molecule has 1 nitrogen and oxygen atoms in total. The van der Waals surface area contributed by atoms with Crippen molar-refractivity contribution < 1.29 is 0 Å². The average Bonchev–Trinajstić information content (AvgIpc) is 2.88. The largest absolute Gasteiger partial charge is 0.330 e. The van der Waals surface area contributed by atoms with Gasteiger partial charge >= 0.3 is 0 Å². The smallest absolute Gasteiger partial charge is 0.0438 e. The molecule has 0 heterocycles. The fourth-order valence-electron chi connectivity index (χ4n) is 1.76. The van der Waals surface area contributed by atoms with Gasteiger partial charge in [-0.2, -0.15) is 0 Å². The number of hydrogen-bond donors (Lipinski definition) is 1. The number of rotatable bonds is 2. The minimum Gasteiger partial charge on any atom is -0.330 e. The van der Waals surface area contributed by atoms with Crippen LogP contribution in [0.3, 0.4) is 0 Å². The van der Waals surface area contributed by atoms with Gasteiger partial charge in [0.25, 0.3) is 0 Å². The molecule has 0 radical (unpaired) electrons. The highest BCUT2D eigenvalue weighted by atomic mass is 35.5. The molecule has 13 heavy (non-hydrogen) atoms. The van der Waals surface area contributed by atoms with Gasteiger partial charge in [0.05, 0.1) is 0 Å². The normalized spacial score (nSPS) is 26.1. The molecule has 1 aliphatic carbocycles. The first kappa shape index (κ1) is 9.04. The number of aryl methyl sites for hydroxylation is 1. The Morgan fingerprint density at radius 1 is 1.54 bits per heavy atom. The molecule has 1 saturated carbocycles. The minimum atomic E-state index is 0.670. The summed E-state index contributed by atoms with van der Waals surface area (Å²) in [6, 6.07) is 6.34. The Balaban J connectivity index is 2.19. The Morgan fingerprint density at radius 3 is 2.85 bits per heavy atom. The second-order valence-corrected chi connectivity index (χ2v) is 4.25. The first-order chi connectivity index (χ1) is 6.22. The van der Waals surface area contributed by atoms with Crippen molar-refractivity contribution in [2.45, 2.75) is 19.3 Å². The van der Waals surface area contributed by atoms with Crippen molar-refractivity contribution in [3.05, 3.63) is 34.3 Å². The molecule has 0 aliphatic heterocycles. The van der Waals surface area contributed by atoms with Crippen molar-refractivity contribution in [2.24, 2.45) is 11.7 Å². The second kappa shape index (κ2) is 3.32. The van der Waals surface area contributed by atoms with E-state index in [0.717, 1.165) is 17.1 Å². The van der Waals surface area contributed by atoms with E-state index in [4.69, 9.17) is 17.3 Å². The summed E-state index contributed by atoms with van der Waals surface area (Å²) in [5.41, 5.74) is 8.10. The van der Waals surface area contributed by atoms with E-state index in [1.165, 1.54) is 12.0 Å². The summed E-state index contributed by atoms with van der Waals surface area (Å²) in [7, 11) is 0. The number of halogens is 1. The third-order valence-electron chi connectivity index (χ3n) is 2.85. The van der Waals surface area contributed by atoms with Crippen molar-refractivity contribution in [3.63, 3.8) is 0 Å². The fourth-order valence-corrected chi connectivity index (χ4v) is 1.95. The van der Waals surface area contributed by atoms with E-state index in [1.807, 2.05) is 6.92 Å². The molecule has 2 rings (SSSR count). The molecule has 2 heteroatoms. The molecule has 1 aromatic rings. The van der Waals surface area contributed by atoms with Crippen LogP contribution in [0.15, 0.2) is 18.2 Å². The zero-order valence-corrected chi connectivity index (χ0v) is 8.51. The van der Waals surface area contributed by atoms with Gasteiger partial charge in [-0.15, -0.1) is 0 Å². The van der Waals surface area contributed by atoms with Crippen LogP contribution in [-0.2, 0) is 0 Å². The predicted molar refractivity (Wildman–Crippen MR) is 56.1 cm³/mol. The molecule has 0 saturated heterocycles. The summed E-state index contributed by atoms with van der Waals surface area (Å²) in [4.78, 5) is 0. The van der Waals surface area contributed by atoms with E-state index in [1.54, 1.807) is 0 Å². The fraction of sp³-hybridized carbons (Fsp3) is 0.455. The zero-order valence-electron chi connectivity index (χ0n) is 7.76. The molecule has 0 bridgehead atoms. The zero-order chi connectivity index (χ0) is 9.42. The monoisotopic (exact) mass is 195 g/mol. The third-order valence-corrected chi connectivity index (χ3v) is 3.26. The number of benzene rings is 1. The van der Waals surface area contributed by atoms with Gasteiger partial charge in [0, 0.05) is 5.02 Å². The van der Waals surface area contributed by atoms with Gasteiger partial charge < -0.3 is 5.73 Å². The van der Waals surface area contributed by atoms with Crippen LogP contribution >= 0.6 is 11.6 Å². The minimum absolute atomic E-state index is 0.670. The summed E-state index contributed by atoms with van der Waals surface area (Å²) in [5, 5.41) is 0.875. The van der Waals surface area contributed by atoms with E-state index in [-0.39, 0.29) is 0 Å². The third kappa shape index (κ3) is 1.72. The highest BCUT2D eigenvalue weighted by Gasteiger charge is 2.36. The average molecular weight is 196 g/mol. The molecular formula is C11H14ClN. The van der Waals surface area contributed by atoms with Crippen LogP contribution in [0.2, 0.25) is 5.02 Å². The lowest BCUT2D eigenvalue weighted by Gasteiger charge is -2.02. The van der Waals surface area contributed by atoms with Gasteiger partial charge in [-0.3, -0.25) is 0 Å². The summed E-state index contributed by atoms with van der Waals surface area (Å²) in [5.74, 6) is 1.36. The first-order valence-electron chi connectivity index (χ1n) is 4.68. The second-order valence-electron chi connectivity index (χ2n) is 3.85. The van der Waals surface area contributed by atoms with Crippen LogP contribution in [0.4, 0.5) is 0 Å². The lowest BCUT2D eigenvalue weighted by molar-refractivity contribution is 0.809. The van der Waals surface area contributed by atoms with E-state index in [9.17, 15) is 0 Å². The van der Waals surface area contributed by atoms with Crippen LogP contribution in [0.25, 0.3) is 0 Å². The standard InChI is InChI=1S/C11H14ClN/c1-7-2-3-8(5-11(7)12)10-4-9(10)6-13/h2-3,5,9-10H,4,6,13H2,1H3. The number of nitrogens with two attached hydrogens (primary N) is 1. The Labute approximate surface area is 83.9 Å². The molecule has 70 valence electrons. The van der Waals surface area contributed by atoms with E-state index < -0.39 is 0 Å². The Bertz CT molecular complexity index is 322. The van der Waals surface area contributed by atoms with Crippen molar-refractivity contribution in [2.75, 3.05) is 6.54 Å². The lowest BCUT2D eigenvalue weighted by Crippen LogP contribution is -2.01. The first-order valence-corrected chi connectivity index (χ1v) is 5.06. The lowest BCUT2D eigenvalue weighted by atomic mass is 10.1. The molecule has 1 aliphatic rings. The van der Waals surface area contributed by atoms with Gasteiger partial charge in [0.15, 0.2) is 0 Å². The van der Waals surface area contributed by atoms with E-state index >= 15 is 0 Å². The van der Waals surface area contributed by atoms with Crippen LogP contribution in [-0.4, -0.2) is 6.54 Å². The topological polar surface area (TPSA) is 26.0 Å². The van der Waals surface area contributed by atoms with Crippen LogP contribution in [0, 0.1) is 12.8 Å². The van der Waals surface area contributed by atoms with Crippen molar-refractivity contribution in [1.29, 1.82) is 0 Å². The molecule has 2 atom stereocenters. The molecule has 0 aromatic heterocycles. The van der Waals surface area contributed by atoms with Crippen LogP contribution < -0.4 is 5.73 Å². The molecular weight excluding hydrogens is 182 g/mol. The SMILES string of the molecule is Cc1ccc(C2CC2CN)cc1Cl. The van der Waals surface area contributed by atoms with Gasteiger partial charge in [-0.1, -0.05) is 23.7 Å². The van der Waals surface area contributed by atoms with E-state index in [0.29, 0.717) is 11.8 Å². The Kier molecular flexibility index (Phi) is 2.31. The van der Waals surface area contributed by atoms with Gasteiger partial charge in [-0.25, -0.2) is 0 Å². The van der Waals surface area contributed by atoms with Gasteiger partial charge in [0.1, 0.15) is 0 Å². The maximum Gasteiger partial charge on any atom is 0.0438 e. The van der Waals surface area contributed by atoms with Crippen molar-refractivity contribution in [3.8, 4) is 0 Å². The van der Waals surface area contributed by atoms with E-state index in [2.05, 4.69) is 18.2 Å². The molecule has 2 unspecified atom stereocenters. The molecule has 1 fully saturated rings. The summed E-state index contributed by atoms with van der Waals surface area (Å²) >= 11 is 6.05. The summed E-state index contributed by atoms with van der Waals surface area (Å²) < 4.78 is 0. The maximum absolute atomic E-state index is 6.05. The van der Waals surface area contributed by atoms with Crippen LogP contribution in [0.1, 0.15) is 23.5 Å². The van der Waals surface area contributed by atoms with Crippen LogP contribution in [0.5, 0.6) is 0 Å². The Hall–Kier alpha value is -0.530. The van der Waals surface area contributed by atoms with Gasteiger partial charge in [-0.05, 0) is 48.9 Å². The summed E-state index contributed by atoms with van der Waals surface area (Å²) in [6.07, 6.45) is 1.23. The van der Waals surface area contributed by atoms with Gasteiger partial charge in [0.2, 0.25) is 0 Å². The molecule has 0 spiro atoms. The Morgan fingerprint density at radius 2 is 2.31 bits per heavy atom. The molecule has 2 N–H and O–H groups in total. The molecule has 1 aromatic carbocycles. The number of hydrogen-bond acceptors (Lipinski definition) is 1. The summed E-state index contributed by atoms with van der Waals surface area (Å²) in [6.45, 7) is 2.83. The predicted octanol–water partition coefficient (Wildman–Crippen LogP) is 2.71. The van der Waals surface area contributed by atoms with Crippen molar-refractivity contribution >= 4 is 11.6 Å². The highest BCUT2D eigenvalue weighted by molar-refractivity contribution is 6.31. The molecule has 0 amide bonds. The quantitative estimate of drug-likeness (QED) is 0.772. The highest BCUT2D eigenvalue weighted by Crippen LogP contribution is 2.47. The van der Waals surface area contributed by atoms with Crippen molar-refractivity contribution in [1.82, 2.24) is 0 Å². The maximum atomic E-state index is 6.05.